The smallest absolute Gasteiger partial charge is 0.282 e. The molecule has 19 heavy (non-hydrogen) atoms. The summed E-state index contributed by atoms with van der Waals surface area (Å²) in [6, 6.07) is 10.5. The van der Waals surface area contributed by atoms with Crippen LogP contribution in [-0.4, -0.2) is 22.8 Å². The number of benzene rings is 2. The van der Waals surface area contributed by atoms with Crippen molar-refractivity contribution in [3.05, 3.63) is 47.5 Å². The van der Waals surface area contributed by atoms with E-state index in [0.29, 0.717) is 21.5 Å². The molecule has 0 spiro atoms. The molecule has 2 aromatic rings. The minimum atomic E-state index is -0.525. The fraction of sp³-hybridized carbons (Fsp3) is 0. The van der Waals surface area contributed by atoms with E-state index in [2.05, 4.69) is 5.10 Å². The molecule has 0 aliphatic carbocycles. The van der Waals surface area contributed by atoms with Gasteiger partial charge in [0.25, 0.3) is 11.8 Å². The average molecular weight is 254 g/mol. The Hall–Kier alpha value is -2.89. The van der Waals surface area contributed by atoms with Crippen LogP contribution in [0.2, 0.25) is 0 Å². The summed E-state index contributed by atoms with van der Waals surface area (Å²) in [7, 11) is 0. The van der Waals surface area contributed by atoms with Gasteiger partial charge in [0.15, 0.2) is 0 Å². The highest BCUT2D eigenvalue weighted by Crippen LogP contribution is 2.29. The molecule has 6 nitrogen and oxygen atoms in total. The zero-order valence-electron chi connectivity index (χ0n) is 9.83. The van der Waals surface area contributed by atoms with Gasteiger partial charge in [-0.05, 0) is 17.5 Å². The maximum atomic E-state index is 12.2. The van der Waals surface area contributed by atoms with Crippen molar-refractivity contribution in [1.29, 1.82) is 0 Å². The molecular weight excluding hydrogens is 244 g/mol. The Kier molecular flexibility index (Phi) is 2.25. The number of amides is 2. The van der Waals surface area contributed by atoms with Crippen LogP contribution in [0.3, 0.4) is 0 Å². The van der Waals surface area contributed by atoms with Gasteiger partial charge >= 0.3 is 0 Å². The molecule has 3 rings (SSSR count). The molecule has 4 N–H and O–H groups in total. The van der Waals surface area contributed by atoms with Gasteiger partial charge in [-0.1, -0.05) is 24.3 Å². The number of hydrazone groups is 1. The second-order valence-electron chi connectivity index (χ2n) is 4.16. The highest BCUT2D eigenvalue weighted by molar-refractivity contribution is 6.25. The number of guanidine groups is 1. The van der Waals surface area contributed by atoms with Crippen LogP contribution in [0, 0.1) is 0 Å². The van der Waals surface area contributed by atoms with Crippen LogP contribution in [0.15, 0.2) is 41.5 Å². The number of hydrogen-bond donors (Lipinski definition) is 2. The molecule has 0 aromatic heterocycles. The number of imide groups is 1. The van der Waals surface area contributed by atoms with Gasteiger partial charge in [0.2, 0.25) is 5.96 Å². The lowest BCUT2D eigenvalue weighted by Gasteiger charge is -2.22. The zero-order valence-corrected chi connectivity index (χ0v) is 9.83. The first-order chi connectivity index (χ1) is 9.09. The van der Waals surface area contributed by atoms with Crippen molar-refractivity contribution in [3.63, 3.8) is 0 Å². The Balaban J connectivity index is 2.34. The summed E-state index contributed by atoms with van der Waals surface area (Å²) >= 11 is 0. The molecular formula is C13H10N4O2. The van der Waals surface area contributed by atoms with Crippen LogP contribution in [0.5, 0.6) is 0 Å². The molecule has 0 radical (unpaired) electrons. The van der Waals surface area contributed by atoms with Gasteiger partial charge in [-0.25, -0.2) is 0 Å². The van der Waals surface area contributed by atoms with Crippen LogP contribution in [0.4, 0.5) is 0 Å². The normalized spacial score (nSPS) is 13.8. The summed E-state index contributed by atoms with van der Waals surface area (Å²) in [4.78, 5) is 24.5. The lowest BCUT2D eigenvalue weighted by atomic mass is 9.95. The third kappa shape index (κ3) is 1.54. The van der Waals surface area contributed by atoms with Gasteiger partial charge in [-0.3, -0.25) is 9.59 Å². The molecule has 2 amide bonds. The van der Waals surface area contributed by atoms with Crippen LogP contribution < -0.4 is 11.5 Å². The first-order valence-electron chi connectivity index (χ1n) is 5.59. The average Bonchev–Trinajstić information content (AvgIpc) is 2.40. The number of nitrogens with two attached hydrogens (primary N) is 2. The van der Waals surface area contributed by atoms with Crippen molar-refractivity contribution in [2.24, 2.45) is 16.6 Å². The highest BCUT2D eigenvalue weighted by Gasteiger charge is 2.32. The van der Waals surface area contributed by atoms with E-state index in [9.17, 15) is 9.59 Å². The van der Waals surface area contributed by atoms with E-state index < -0.39 is 11.8 Å². The quantitative estimate of drug-likeness (QED) is 0.442. The molecule has 1 heterocycles. The Morgan fingerprint density at radius 2 is 1.47 bits per heavy atom. The molecule has 0 saturated carbocycles. The fourth-order valence-electron chi connectivity index (χ4n) is 2.22. The van der Waals surface area contributed by atoms with Crippen molar-refractivity contribution < 1.29 is 9.59 Å². The molecule has 2 aromatic carbocycles. The highest BCUT2D eigenvalue weighted by atomic mass is 16.2. The second kappa shape index (κ2) is 3.81. The monoisotopic (exact) mass is 254 g/mol. The molecule has 6 heteroatoms. The molecule has 1 aliphatic rings. The molecule has 0 fully saturated rings. The van der Waals surface area contributed by atoms with E-state index in [-0.39, 0.29) is 5.96 Å². The third-order valence-electron chi connectivity index (χ3n) is 2.97. The third-order valence-corrected chi connectivity index (χ3v) is 2.97. The van der Waals surface area contributed by atoms with E-state index >= 15 is 0 Å². The van der Waals surface area contributed by atoms with Gasteiger partial charge in [0.1, 0.15) is 0 Å². The van der Waals surface area contributed by atoms with Crippen LogP contribution in [-0.2, 0) is 0 Å². The van der Waals surface area contributed by atoms with Gasteiger partial charge in [-0.2, -0.15) is 5.01 Å². The first-order valence-corrected chi connectivity index (χ1v) is 5.59. The Morgan fingerprint density at radius 1 is 0.947 bits per heavy atom. The van der Waals surface area contributed by atoms with E-state index in [1.165, 1.54) is 0 Å². The van der Waals surface area contributed by atoms with Crippen molar-refractivity contribution in [2.75, 3.05) is 0 Å². The summed E-state index contributed by atoms with van der Waals surface area (Å²) in [5.74, 6) is -1.39. The zero-order chi connectivity index (χ0) is 13.6. The molecule has 0 saturated heterocycles. The van der Waals surface area contributed by atoms with Crippen molar-refractivity contribution in [2.45, 2.75) is 0 Å². The van der Waals surface area contributed by atoms with Gasteiger partial charge in [0, 0.05) is 5.39 Å². The minimum absolute atomic E-state index is 0.340. The van der Waals surface area contributed by atoms with Gasteiger partial charge < -0.3 is 11.5 Å². The SMILES string of the molecule is NC(N)=NN1C(=O)c2cccc3cccc(c23)C1=O. The molecule has 94 valence electrons. The van der Waals surface area contributed by atoms with Gasteiger partial charge in [0.05, 0.1) is 11.1 Å². The minimum Gasteiger partial charge on any atom is -0.369 e. The number of carbonyl (C=O) groups is 2. The van der Waals surface area contributed by atoms with Crippen LogP contribution >= 0.6 is 0 Å². The van der Waals surface area contributed by atoms with Crippen molar-refractivity contribution in [3.8, 4) is 0 Å². The van der Waals surface area contributed by atoms with Crippen molar-refractivity contribution >= 4 is 28.5 Å². The first kappa shape index (κ1) is 11.2. The molecule has 0 unspecified atom stereocenters. The maximum Gasteiger partial charge on any atom is 0.282 e. The Bertz CT molecular complexity index is 697. The van der Waals surface area contributed by atoms with E-state index in [0.717, 1.165) is 5.39 Å². The summed E-state index contributed by atoms with van der Waals surface area (Å²) in [5.41, 5.74) is 11.3. The second-order valence-corrected chi connectivity index (χ2v) is 4.16. The predicted octanol–water partition coefficient (Wildman–Crippen LogP) is 0.624. The summed E-state index contributed by atoms with van der Waals surface area (Å²) < 4.78 is 0. The summed E-state index contributed by atoms with van der Waals surface area (Å²) in [6.07, 6.45) is 0. The number of hydrogen-bond acceptors (Lipinski definition) is 3. The van der Waals surface area contributed by atoms with Crippen molar-refractivity contribution in [1.82, 2.24) is 5.01 Å². The fourth-order valence-corrected chi connectivity index (χ4v) is 2.22. The summed E-state index contributed by atoms with van der Waals surface area (Å²) in [6.45, 7) is 0. The number of carbonyl (C=O) groups excluding carboxylic acids is 2. The van der Waals surface area contributed by atoms with Gasteiger partial charge in [-0.15, -0.1) is 5.10 Å². The predicted molar refractivity (Wildman–Crippen MR) is 70.3 cm³/mol. The number of rotatable bonds is 1. The van der Waals surface area contributed by atoms with E-state index in [1.54, 1.807) is 24.3 Å². The molecule has 0 atom stereocenters. The van der Waals surface area contributed by atoms with Crippen LogP contribution in [0.25, 0.3) is 10.8 Å². The Labute approximate surface area is 108 Å². The lowest BCUT2D eigenvalue weighted by molar-refractivity contribution is 0.0614. The molecule has 1 aliphatic heterocycles. The lowest BCUT2D eigenvalue weighted by Crippen LogP contribution is -2.39. The van der Waals surface area contributed by atoms with Crippen LogP contribution in [0.1, 0.15) is 20.7 Å². The Morgan fingerprint density at radius 3 is 1.95 bits per heavy atom. The number of nitrogens with zero attached hydrogens (tertiary/aromatic N) is 2. The van der Waals surface area contributed by atoms with E-state index in [1.807, 2.05) is 12.1 Å². The maximum absolute atomic E-state index is 12.2. The standard InChI is InChI=1S/C13H10N4O2/c14-13(15)16-17-11(18)8-5-1-3-7-4-2-6-9(10(7)8)12(17)19/h1-6H,(H4,14,15,16). The molecule has 0 bridgehead atoms. The van der Waals surface area contributed by atoms with E-state index in [4.69, 9.17) is 11.5 Å². The summed E-state index contributed by atoms with van der Waals surface area (Å²) in [5, 5.41) is 5.77. The largest absolute Gasteiger partial charge is 0.369 e. The topological polar surface area (TPSA) is 102 Å².